The van der Waals surface area contributed by atoms with Crippen molar-refractivity contribution in [2.24, 2.45) is 0 Å². The van der Waals surface area contributed by atoms with Gasteiger partial charge in [-0.3, -0.25) is 4.90 Å². The van der Waals surface area contributed by atoms with Gasteiger partial charge in [0, 0.05) is 48.9 Å². The summed E-state index contributed by atoms with van der Waals surface area (Å²) >= 11 is 0. The van der Waals surface area contributed by atoms with E-state index in [4.69, 9.17) is 4.74 Å². The molecule has 2 N–H and O–H groups in total. The summed E-state index contributed by atoms with van der Waals surface area (Å²) in [6, 6.07) is 6.14. The number of alkyl halides is 3. The number of anilines is 2. The number of nitrogens with one attached hydrogen (secondary N) is 2. The first kappa shape index (κ1) is 22.9. The zero-order valence-corrected chi connectivity index (χ0v) is 20.3. The Bertz CT molecular complexity index is 1320. The summed E-state index contributed by atoms with van der Waals surface area (Å²) in [5.41, 5.74) is 0.399. The molecule has 3 fully saturated rings. The topological polar surface area (TPSA) is 83.1 Å². The van der Waals surface area contributed by atoms with Gasteiger partial charge >= 0.3 is 6.18 Å². The second kappa shape index (κ2) is 8.23. The van der Waals surface area contributed by atoms with Crippen molar-refractivity contribution < 1.29 is 22.5 Å². The molecule has 0 amide bonds. The predicted molar refractivity (Wildman–Crippen MR) is 129 cm³/mol. The molecule has 1 aromatic carbocycles. The third-order valence-electron chi connectivity index (χ3n) is 7.29. The van der Waals surface area contributed by atoms with E-state index < -0.39 is 18.9 Å². The van der Waals surface area contributed by atoms with Crippen LogP contribution in [0.3, 0.4) is 0 Å². The molecule has 11 heteroatoms. The van der Waals surface area contributed by atoms with Crippen molar-refractivity contribution in [2.45, 2.75) is 43.8 Å². The minimum Gasteiger partial charge on any atom is -0.495 e. The Morgan fingerprint density at radius 2 is 1.89 bits per heavy atom. The predicted octanol–water partition coefficient (Wildman–Crippen LogP) is 5.07. The Hall–Kier alpha value is -2.58. The summed E-state index contributed by atoms with van der Waals surface area (Å²) in [4.78, 5) is 13.9. The molecule has 2 aliphatic carbocycles. The van der Waals surface area contributed by atoms with E-state index in [0.717, 1.165) is 37.4 Å². The van der Waals surface area contributed by atoms with Crippen LogP contribution in [-0.4, -0.2) is 58.4 Å². The van der Waals surface area contributed by atoms with Crippen LogP contribution in [0, 0.1) is 0 Å². The fraction of sp³-hybridized carbons (Fsp3) is 0.500. The second-order valence-corrected chi connectivity index (χ2v) is 12.9. The fourth-order valence-corrected chi connectivity index (χ4v) is 7.61. The third kappa shape index (κ3) is 4.31. The van der Waals surface area contributed by atoms with E-state index in [2.05, 4.69) is 25.2 Å². The van der Waals surface area contributed by atoms with Gasteiger partial charge in [-0.1, -0.05) is 0 Å². The van der Waals surface area contributed by atoms with Gasteiger partial charge in [0.25, 0.3) is 0 Å². The lowest BCUT2D eigenvalue weighted by molar-refractivity contribution is -0.136. The Morgan fingerprint density at radius 1 is 1.14 bits per heavy atom. The molecule has 0 bridgehead atoms. The SMILES string of the molecule is COc1cc(P2(=O)CCN(C3CC3)CC2)ccc1Nc1nc(C2CC2)c2c(C(F)(F)F)c[nH]c2n1. The summed E-state index contributed by atoms with van der Waals surface area (Å²) in [6.45, 7) is 1.72. The molecule has 2 aromatic heterocycles. The molecule has 3 aromatic rings. The van der Waals surface area contributed by atoms with Gasteiger partial charge in [0.1, 0.15) is 18.5 Å². The van der Waals surface area contributed by atoms with Gasteiger partial charge < -0.3 is 19.6 Å². The number of aromatic amines is 1. The highest BCUT2D eigenvalue weighted by Gasteiger charge is 2.39. The maximum absolute atomic E-state index is 13.7. The molecule has 0 spiro atoms. The van der Waals surface area contributed by atoms with Gasteiger partial charge in [0.15, 0.2) is 0 Å². The van der Waals surface area contributed by atoms with E-state index in [9.17, 15) is 17.7 Å². The van der Waals surface area contributed by atoms with Crippen LogP contribution < -0.4 is 15.4 Å². The smallest absolute Gasteiger partial charge is 0.418 e. The lowest BCUT2D eigenvalue weighted by Crippen LogP contribution is -2.38. The highest BCUT2D eigenvalue weighted by molar-refractivity contribution is 7.71. The van der Waals surface area contributed by atoms with Crippen molar-refractivity contribution in [3.63, 3.8) is 0 Å². The number of benzene rings is 1. The average Bonchev–Trinajstić information content (AvgIpc) is 3.76. The molecule has 35 heavy (non-hydrogen) atoms. The Kier molecular flexibility index (Phi) is 5.38. The molecule has 3 aliphatic rings. The van der Waals surface area contributed by atoms with E-state index in [1.165, 1.54) is 20.0 Å². The molecule has 0 radical (unpaired) electrons. The van der Waals surface area contributed by atoms with Crippen LogP contribution in [0.15, 0.2) is 24.4 Å². The van der Waals surface area contributed by atoms with Crippen molar-refractivity contribution in [3.05, 3.63) is 35.7 Å². The minimum atomic E-state index is -4.48. The quantitative estimate of drug-likeness (QED) is 0.455. The van der Waals surface area contributed by atoms with Crippen molar-refractivity contribution in [1.82, 2.24) is 19.9 Å². The standard InChI is InChI=1S/C24H27F3N5O2P/c1-34-19-12-16(35(33)10-8-32(9-11-35)15-4-5-15)6-7-18(19)29-23-30-21(14-2-3-14)20-17(24(25,26)27)13-28-22(20)31-23/h6-7,12-15H,2-5,8-11H2,1H3,(H2,28,29,30,31). The zero-order valence-electron chi connectivity index (χ0n) is 19.4. The molecule has 0 unspecified atom stereocenters. The summed E-state index contributed by atoms with van der Waals surface area (Å²) in [6.07, 6.45) is 1.90. The number of hydrogen-bond acceptors (Lipinski definition) is 6. The van der Waals surface area contributed by atoms with Gasteiger partial charge in [-0.2, -0.15) is 18.2 Å². The second-order valence-electron chi connectivity index (χ2n) is 9.74. The first-order valence-corrected chi connectivity index (χ1v) is 14.1. The number of methoxy groups -OCH3 is 1. The monoisotopic (exact) mass is 505 g/mol. The summed E-state index contributed by atoms with van der Waals surface area (Å²) in [5, 5.41) is 3.95. The summed E-state index contributed by atoms with van der Waals surface area (Å²) in [5.74, 6) is 0.695. The van der Waals surface area contributed by atoms with Crippen LogP contribution >= 0.6 is 7.14 Å². The molecule has 2 saturated carbocycles. The number of hydrogen-bond donors (Lipinski definition) is 2. The van der Waals surface area contributed by atoms with E-state index in [1.807, 2.05) is 12.1 Å². The average molecular weight is 505 g/mol. The maximum atomic E-state index is 13.7. The van der Waals surface area contributed by atoms with Gasteiger partial charge in [-0.15, -0.1) is 0 Å². The zero-order chi connectivity index (χ0) is 24.4. The Morgan fingerprint density at radius 3 is 2.51 bits per heavy atom. The van der Waals surface area contributed by atoms with Crippen molar-refractivity contribution in [2.75, 3.05) is 37.8 Å². The van der Waals surface area contributed by atoms with Crippen LogP contribution in [0.1, 0.15) is 42.9 Å². The molecule has 7 nitrogen and oxygen atoms in total. The number of rotatable bonds is 6. The van der Waals surface area contributed by atoms with Crippen LogP contribution in [0.2, 0.25) is 0 Å². The van der Waals surface area contributed by atoms with E-state index in [0.29, 0.717) is 35.5 Å². The highest BCUT2D eigenvalue weighted by Crippen LogP contribution is 2.49. The van der Waals surface area contributed by atoms with Gasteiger partial charge in [0.05, 0.1) is 29.4 Å². The molecule has 0 atom stereocenters. The van der Waals surface area contributed by atoms with E-state index in [-0.39, 0.29) is 22.9 Å². The van der Waals surface area contributed by atoms with Crippen LogP contribution in [0.5, 0.6) is 5.75 Å². The van der Waals surface area contributed by atoms with Crippen LogP contribution in [0.25, 0.3) is 11.0 Å². The number of aromatic nitrogens is 3. The lowest BCUT2D eigenvalue weighted by atomic mass is 10.1. The summed E-state index contributed by atoms with van der Waals surface area (Å²) in [7, 11) is -0.970. The number of ether oxygens (including phenoxy) is 1. The van der Waals surface area contributed by atoms with Crippen molar-refractivity contribution in [1.29, 1.82) is 0 Å². The van der Waals surface area contributed by atoms with Crippen molar-refractivity contribution in [3.8, 4) is 5.75 Å². The molecular formula is C24H27F3N5O2P. The minimum absolute atomic E-state index is 0.00570. The number of H-pyrrole nitrogens is 1. The largest absolute Gasteiger partial charge is 0.495 e. The van der Waals surface area contributed by atoms with Gasteiger partial charge in [-0.05, 0) is 43.9 Å². The molecule has 6 rings (SSSR count). The highest BCUT2D eigenvalue weighted by atomic mass is 31.2. The first-order chi connectivity index (χ1) is 16.7. The van der Waals surface area contributed by atoms with Gasteiger partial charge in [0.2, 0.25) is 5.95 Å². The van der Waals surface area contributed by atoms with E-state index in [1.54, 1.807) is 6.07 Å². The summed E-state index contributed by atoms with van der Waals surface area (Å²) < 4.78 is 59.8. The molecule has 1 saturated heterocycles. The maximum Gasteiger partial charge on any atom is 0.418 e. The van der Waals surface area contributed by atoms with Crippen LogP contribution in [-0.2, 0) is 10.7 Å². The molecule has 1 aliphatic heterocycles. The van der Waals surface area contributed by atoms with Crippen LogP contribution in [0.4, 0.5) is 24.8 Å². The molecular weight excluding hydrogens is 478 g/mol. The Labute approximate surface area is 200 Å². The molecule has 186 valence electrons. The first-order valence-electron chi connectivity index (χ1n) is 12.0. The number of nitrogens with zero attached hydrogens (tertiary/aromatic N) is 3. The number of halogens is 3. The third-order valence-corrected chi connectivity index (χ3v) is 10.4. The van der Waals surface area contributed by atoms with Crippen molar-refractivity contribution >= 4 is 35.1 Å². The Balaban J connectivity index is 1.29. The lowest BCUT2D eigenvalue weighted by Gasteiger charge is -2.32. The molecule has 3 heterocycles. The number of fused-ring (bicyclic) bond motifs is 1. The fourth-order valence-electron chi connectivity index (χ4n) is 5.02. The van der Waals surface area contributed by atoms with Gasteiger partial charge in [-0.25, -0.2) is 4.98 Å². The normalized spacial score (nSPS) is 20.8. The van der Waals surface area contributed by atoms with E-state index >= 15 is 0 Å².